The number of hydrazone groups is 1. The molecule has 1 aliphatic heterocycles. The predicted molar refractivity (Wildman–Crippen MR) is 76.0 cm³/mol. The molecule has 0 bridgehead atoms. The van der Waals surface area contributed by atoms with Gasteiger partial charge in [-0.3, -0.25) is 4.79 Å². The topological polar surface area (TPSA) is 32.7 Å². The van der Waals surface area contributed by atoms with Gasteiger partial charge in [-0.2, -0.15) is 10.1 Å². The third-order valence-electron chi connectivity index (χ3n) is 2.98. The van der Waals surface area contributed by atoms with Gasteiger partial charge in [-0.1, -0.05) is 55.1 Å². The third-order valence-corrected chi connectivity index (χ3v) is 2.98. The first-order valence-corrected chi connectivity index (χ1v) is 6.00. The minimum absolute atomic E-state index is 0.176. The van der Waals surface area contributed by atoms with Gasteiger partial charge in [0, 0.05) is 5.56 Å². The number of nitrogens with zero attached hydrogens (tertiary/aromatic N) is 2. The maximum absolute atomic E-state index is 12.2. The summed E-state index contributed by atoms with van der Waals surface area (Å²) in [6.07, 6.45) is 0. The molecule has 2 aromatic carbocycles. The van der Waals surface area contributed by atoms with Crippen LogP contribution < -0.4 is 5.01 Å². The molecule has 3 heteroatoms. The fourth-order valence-electron chi connectivity index (χ4n) is 2.01. The van der Waals surface area contributed by atoms with Gasteiger partial charge in [0.15, 0.2) is 0 Å². The highest BCUT2D eigenvalue weighted by Gasteiger charge is 2.29. The van der Waals surface area contributed by atoms with Crippen molar-refractivity contribution in [1.82, 2.24) is 0 Å². The lowest BCUT2D eigenvalue weighted by atomic mass is 10.0. The highest BCUT2D eigenvalue weighted by Crippen LogP contribution is 2.24. The minimum Gasteiger partial charge on any atom is -0.267 e. The molecule has 3 nitrogen and oxygen atoms in total. The largest absolute Gasteiger partial charge is 0.280 e. The Morgan fingerprint density at radius 1 is 0.895 bits per heavy atom. The van der Waals surface area contributed by atoms with Crippen LogP contribution in [0.2, 0.25) is 0 Å². The fourth-order valence-corrected chi connectivity index (χ4v) is 2.01. The smallest absolute Gasteiger partial charge is 0.267 e. The first kappa shape index (κ1) is 11.4. The lowest BCUT2D eigenvalue weighted by Crippen LogP contribution is -2.20. The SMILES string of the molecule is C=C1C(=O)N(c2ccccc2)N=C1c1ccccc1. The molecular formula is C16H12N2O. The molecule has 1 amide bonds. The molecule has 19 heavy (non-hydrogen) atoms. The highest BCUT2D eigenvalue weighted by molar-refractivity contribution is 6.34. The first-order valence-electron chi connectivity index (χ1n) is 6.00. The van der Waals surface area contributed by atoms with Crippen LogP contribution >= 0.6 is 0 Å². The number of amides is 1. The zero-order chi connectivity index (χ0) is 13.2. The van der Waals surface area contributed by atoms with Crippen molar-refractivity contribution < 1.29 is 4.79 Å². The van der Waals surface area contributed by atoms with Gasteiger partial charge in [-0.05, 0) is 12.1 Å². The van der Waals surface area contributed by atoms with Gasteiger partial charge in [0.2, 0.25) is 0 Å². The average Bonchev–Trinajstić information content (AvgIpc) is 2.77. The molecule has 1 aliphatic rings. The van der Waals surface area contributed by atoms with E-state index in [1.807, 2.05) is 60.7 Å². The van der Waals surface area contributed by atoms with E-state index in [2.05, 4.69) is 11.7 Å². The van der Waals surface area contributed by atoms with E-state index in [0.717, 1.165) is 11.3 Å². The van der Waals surface area contributed by atoms with Crippen molar-refractivity contribution in [1.29, 1.82) is 0 Å². The predicted octanol–water partition coefficient (Wildman–Crippen LogP) is 2.99. The second-order valence-electron chi connectivity index (χ2n) is 4.25. The Balaban J connectivity index is 2.04. The second kappa shape index (κ2) is 4.53. The molecule has 0 radical (unpaired) electrons. The van der Waals surface area contributed by atoms with Gasteiger partial charge in [-0.25, -0.2) is 0 Å². The number of carbonyl (C=O) groups is 1. The van der Waals surface area contributed by atoms with Crippen LogP contribution in [0, 0.1) is 0 Å². The number of carbonyl (C=O) groups excluding carboxylic acids is 1. The molecule has 0 saturated heterocycles. The maximum atomic E-state index is 12.2. The van der Waals surface area contributed by atoms with E-state index in [4.69, 9.17) is 0 Å². The zero-order valence-corrected chi connectivity index (χ0v) is 10.3. The summed E-state index contributed by atoms with van der Waals surface area (Å²) in [4.78, 5) is 12.2. The monoisotopic (exact) mass is 248 g/mol. The summed E-state index contributed by atoms with van der Waals surface area (Å²) in [6, 6.07) is 19.0. The van der Waals surface area contributed by atoms with E-state index in [0.29, 0.717) is 11.3 Å². The fraction of sp³-hybridized carbons (Fsp3) is 0. The molecular weight excluding hydrogens is 236 g/mol. The average molecular weight is 248 g/mol. The Morgan fingerprint density at radius 2 is 1.47 bits per heavy atom. The first-order chi connectivity index (χ1) is 9.27. The summed E-state index contributed by atoms with van der Waals surface area (Å²) >= 11 is 0. The zero-order valence-electron chi connectivity index (χ0n) is 10.3. The summed E-state index contributed by atoms with van der Waals surface area (Å²) < 4.78 is 0. The molecule has 0 aliphatic carbocycles. The number of anilines is 1. The summed E-state index contributed by atoms with van der Waals surface area (Å²) in [6.45, 7) is 3.85. The van der Waals surface area contributed by atoms with Crippen molar-refractivity contribution in [3.63, 3.8) is 0 Å². The van der Waals surface area contributed by atoms with Crippen molar-refractivity contribution >= 4 is 17.3 Å². The quantitative estimate of drug-likeness (QED) is 0.752. The Morgan fingerprint density at radius 3 is 2.11 bits per heavy atom. The van der Waals surface area contributed by atoms with Crippen LogP contribution in [0.25, 0.3) is 0 Å². The van der Waals surface area contributed by atoms with Crippen LogP contribution in [-0.2, 0) is 4.79 Å². The maximum Gasteiger partial charge on any atom is 0.280 e. The molecule has 0 atom stereocenters. The van der Waals surface area contributed by atoms with E-state index in [9.17, 15) is 4.79 Å². The number of hydrogen-bond donors (Lipinski definition) is 0. The van der Waals surface area contributed by atoms with Gasteiger partial charge < -0.3 is 0 Å². The summed E-state index contributed by atoms with van der Waals surface area (Å²) in [5.74, 6) is -0.176. The molecule has 3 rings (SSSR count). The van der Waals surface area contributed by atoms with Gasteiger partial charge in [0.05, 0.1) is 11.3 Å². The van der Waals surface area contributed by atoms with E-state index in [1.165, 1.54) is 5.01 Å². The van der Waals surface area contributed by atoms with Crippen molar-refractivity contribution in [2.45, 2.75) is 0 Å². The third kappa shape index (κ3) is 1.95. The van der Waals surface area contributed by atoms with Crippen LogP contribution in [0.15, 0.2) is 77.9 Å². The molecule has 0 spiro atoms. The van der Waals surface area contributed by atoms with Crippen molar-refractivity contribution in [2.24, 2.45) is 5.10 Å². The number of benzene rings is 2. The molecule has 0 fully saturated rings. The highest BCUT2D eigenvalue weighted by atomic mass is 16.2. The van der Waals surface area contributed by atoms with Crippen molar-refractivity contribution in [3.8, 4) is 0 Å². The van der Waals surface area contributed by atoms with Crippen LogP contribution in [0.4, 0.5) is 5.69 Å². The number of rotatable bonds is 2. The standard InChI is InChI=1S/C16H12N2O/c1-12-15(13-8-4-2-5-9-13)17-18(16(12)19)14-10-6-3-7-11-14/h2-11H,1H2. The normalized spacial score (nSPS) is 14.7. The summed E-state index contributed by atoms with van der Waals surface area (Å²) in [5.41, 5.74) is 2.71. The minimum atomic E-state index is -0.176. The summed E-state index contributed by atoms with van der Waals surface area (Å²) in [7, 11) is 0. The Kier molecular flexibility index (Phi) is 2.72. The van der Waals surface area contributed by atoms with Crippen molar-refractivity contribution in [3.05, 3.63) is 78.4 Å². The van der Waals surface area contributed by atoms with Crippen molar-refractivity contribution in [2.75, 3.05) is 5.01 Å². The molecule has 0 N–H and O–H groups in total. The second-order valence-corrected chi connectivity index (χ2v) is 4.25. The molecule has 0 saturated carbocycles. The number of hydrogen-bond acceptors (Lipinski definition) is 2. The van der Waals surface area contributed by atoms with Crippen LogP contribution in [0.1, 0.15) is 5.56 Å². The number of para-hydroxylation sites is 1. The molecule has 2 aromatic rings. The van der Waals surface area contributed by atoms with Gasteiger partial charge >= 0.3 is 0 Å². The molecule has 1 heterocycles. The van der Waals surface area contributed by atoms with Crippen LogP contribution in [-0.4, -0.2) is 11.6 Å². The van der Waals surface area contributed by atoms with E-state index < -0.39 is 0 Å². The van der Waals surface area contributed by atoms with Crippen LogP contribution in [0.3, 0.4) is 0 Å². The van der Waals surface area contributed by atoms with Gasteiger partial charge in [0.1, 0.15) is 5.71 Å². The molecule has 0 unspecified atom stereocenters. The van der Waals surface area contributed by atoms with Crippen LogP contribution in [0.5, 0.6) is 0 Å². The van der Waals surface area contributed by atoms with Gasteiger partial charge in [-0.15, -0.1) is 0 Å². The Hall–Kier alpha value is -2.68. The lowest BCUT2D eigenvalue weighted by Gasteiger charge is -2.10. The van der Waals surface area contributed by atoms with E-state index >= 15 is 0 Å². The van der Waals surface area contributed by atoms with E-state index in [-0.39, 0.29) is 5.91 Å². The lowest BCUT2D eigenvalue weighted by molar-refractivity contribution is -0.114. The Labute approximate surface area is 111 Å². The Bertz CT molecular complexity index is 660. The van der Waals surface area contributed by atoms with Gasteiger partial charge in [0.25, 0.3) is 5.91 Å². The summed E-state index contributed by atoms with van der Waals surface area (Å²) in [5, 5.41) is 5.78. The molecule has 92 valence electrons. The van der Waals surface area contributed by atoms with E-state index in [1.54, 1.807) is 0 Å². The molecule has 0 aromatic heterocycles.